The highest BCUT2D eigenvalue weighted by Crippen LogP contribution is 2.27. The van der Waals surface area contributed by atoms with Gasteiger partial charge in [-0.05, 0) is 42.9 Å². The fourth-order valence-corrected chi connectivity index (χ4v) is 5.03. The molecular formula is C28H35F2N3. The molecule has 1 aromatic heterocycles. The second-order valence-corrected chi connectivity index (χ2v) is 9.40. The van der Waals surface area contributed by atoms with E-state index < -0.39 is 11.6 Å². The molecule has 2 aromatic carbocycles. The largest absolute Gasteiger partial charge is 0.327 e. The van der Waals surface area contributed by atoms with Crippen molar-refractivity contribution in [3.63, 3.8) is 0 Å². The SMILES string of the molecule is CCCCn1c(CN(Cc2cc(F)cc(F)c2)CC2CCCCC2)cnc1-c1ccccc1. The molecule has 0 bridgehead atoms. The minimum Gasteiger partial charge on any atom is -0.327 e. The molecule has 0 atom stereocenters. The second kappa shape index (κ2) is 11.6. The van der Waals surface area contributed by atoms with Gasteiger partial charge in [0.05, 0.1) is 11.9 Å². The highest BCUT2D eigenvalue weighted by atomic mass is 19.1. The summed E-state index contributed by atoms with van der Waals surface area (Å²) in [7, 11) is 0. The molecule has 0 aliphatic heterocycles. The zero-order chi connectivity index (χ0) is 23.0. The first kappa shape index (κ1) is 23.6. The molecule has 1 aliphatic carbocycles. The Labute approximate surface area is 196 Å². The van der Waals surface area contributed by atoms with Crippen LogP contribution in [0.4, 0.5) is 8.78 Å². The first-order chi connectivity index (χ1) is 16.1. The summed E-state index contributed by atoms with van der Waals surface area (Å²) in [6.07, 6.45) is 10.5. The summed E-state index contributed by atoms with van der Waals surface area (Å²) in [6, 6.07) is 14.2. The lowest BCUT2D eigenvalue weighted by Crippen LogP contribution is -2.31. The highest BCUT2D eigenvalue weighted by molar-refractivity contribution is 5.55. The van der Waals surface area contributed by atoms with Crippen molar-refractivity contribution in [3.8, 4) is 11.4 Å². The molecule has 0 spiro atoms. The van der Waals surface area contributed by atoms with Crippen LogP contribution in [0.1, 0.15) is 63.1 Å². The van der Waals surface area contributed by atoms with Crippen molar-refractivity contribution in [1.82, 2.24) is 14.5 Å². The van der Waals surface area contributed by atoms with Gasteiger partial charge in [0, 0.05) is 37.8 Å². The molecule has 0 N–H and O–H groups in total. The third kappa shape index (κ3) is 6.50. The van der Waals surface area contributed by atoms with E-state index in [1.807, 2.05) is 24.4 Å². The number of unbranched alkanes of at least 4 members (excludes halogenated alkanes) is 1. The van der Waals surface area contributed by atoms with Crippen LogP contribution in [0, 0.1) is 17.6 Å². The first-order valence-corrected chi connectivity index (χ1v) is 12.4. The average molecular weight is 452 g/mol. The van der Waals surface area contributed by atoms with E-state index in [1.165, 1.54) is 44.2 Å². The van der Waals surface area contributed by atoms with Gasteiger partial charge in [-0.1, -0.05) is 62.9 Å². The molecule has 0 unspecified atom stereocenters. The molecule has 1 aliphatic rings. The van der Waals surface area contributed by atoms with Gasteiger partial charge >= 0.3 is 0 Å². The Kier molecular flexibility index (Phi) is 8.27. The Morgan fingerprint density at radius 3 is 2.39 bits per heavy atom. The monoisotopic (exact) mass is 451 g/mol. The zero-order valence-corrected chi connectivity index (χ0v) is 19.6. The van der Waals surface area contributed by atoms with E-state index in [-0.39, 0.29) is 0 Å². The fourth-order valence-electron chi connectivity index (χ4n) is 5.03. The number of hydrogen-bond donors (Lipinski definition) is 0. The van der Waals surface area contributed by atoms with Crippen molar-refractivity contribution in [2.45, 2.75) is 71.5 Å². The molecule has 1 saturated carbocycles. The number of aromatic nitrogens is 2. The minimum absolute atomic E-state index is 0.512. The van der Waals surface area contributed by atoms with Gasteiger partial charge in [0.1, 0.15) is 17.5 Å². The predicted octanol–water partition coefficient (Wildman–Crippen LogP) is 7.21. The zero-order valence-electron chi connectivity index (χ0n) is 19.6. The van der Waals surface area contributed by atoms with Crippen LogP contribution in [0.2, 0.25) is 0 Å². The number of hydrogen-bond acceptors (Lipinski definition) is 2. The van der Waals surface area contributed by atoms with Crippen LogP contribution in [-0.2, 0) is 19.6 Å². The van der Waals surface area contributed by atoms with E-state index in [4.69, 9.17) is 4.98 Å². The van der Waals surface area contributed by atoms with Gasteiger partial charge in [-0.15, -0.1) is 0 Å². The molecule has 0 saturated heterocycles. The maximum atomic E-state index is 13.9. The van der Waals surface area contributed by atoms with Gasteiger partial charge in [-0.3, -0.25) is 4.90 Å². The Bertz CT molecular complexity index is 989. The molecule has 0 amide bonds. The van der Waals surface area contributed by atoms with E-state index in [2.05, 4.69) is 28.5 Å². The smallest absolute Gasteiger partial charge is 0.140 e. The second-order valence-electron chi connectivity index (χ2n) is 9.40. The van der Waals surface area contributed by atoms with Crippen LogP contribution >= 0.6 is 0 Å². The lowest BCUT2D eigenvalue weighted by atomic mass is 9.89. The number of rotatable bonds is 10. The minimum atomic E-state index is -0.512. The van der Waals surface area contributed by atoms with Gasteiger partial charge in [0.15, 0.2) is 0 Å². The van der Waals surface area contributed by atoms with Crippen molar-refractivity contribution in [2.75, 3.05) is 6.54 Å². The summed E-state index contributed by atoms with van der Waals surface area (Å²) in [5.41, 5.74) is 2.96. The van der Waals surface area contributed by atoms with Crippen LogP contribution in [0.25, 0.3) is 11.4 Å². The Hall–Kier alpha value is -2.53. The van der Waals surface area contributed by atoms with Gasteiger partial charge in [0.25, 0.3) is 0 Å². The topological polar surface area (TPSA) is 21.1 Å². The van der Waals surface area contributed by atoms with Crippen LogP contribution in [0.5, 0.6) is 0 Å². The number of nitrogens with zero attached hydrogens (tertiary/aromatic N) is 3. The van der Waals surface area contributed by atoms with E-state index >= 15 is 0 Å². The molecule has 3 aromatic rings. The van der Waals surface area contributed by atoms with Gasteiger partial charge < -0.3 is 4.57 Å². The van der Waals surface area contributed by atoms with Crippen molar-refractivity contribution in [3.05, 3.63) is 77.6 Å². The quantitative estimate of drug-likeness (QED) is 0.325. The van der Waals surface area contributed by atoms with E-state index in [0.29, 0.717) is 18.0 Å². The molecule has 4 rings (SSSR count). The summed E-state index contributed by atoms with van der Waals surface area (Å²) in [5, 5.41) is 0. The summed E-state index contributed by atoms with van der Waals surface area (Å²) in [4.78, 5) is 7.15. The third-order valence-corrected chi connectivity index (χ3v) is 6.66. The van der Waals surface area contributed by atoms with Crippen LogP contribution in [-0.4, -0.2) is 21.0 Å². The van der Waals surface area contributed by atoms with E-state index in [9.17, 15) is 8.78 Å². The summed E-state index contributed by atoms with van der Waals surface area (Å²) >= 11 is 0. The average Bonchev–Trinajstić information content (AvgIpc) is 3.20. The standard InChI is InChI=1S/C28H35F2N3/c1-2-3-14-33-27(18-31-28(33)24-12-8-5-9-13-24)21-32(19-22-10-6-4-7-11-22)20-23-15-25(29)17-26(30)16-23/h5,8-9,12-13,15-18,22H,2-4,6-7,10-11,14,19-21H2,1H3. The normalized spacial score (nSPS) is 14.8. The molecule has 1 fully saturated rings. The summed E-state index contributed by atoms with van der Waals surface area (Å²) < 4.78 is 30.1. The maximum absolute atomic E-state index is 13.9. The number of benzene rings is 2. The molecule has 1 heterocycles. The molecule has 3 nitrogen and oxygen atoms in total. The molecule has 0 radical (unpaired) electrons. The van der Waals surface area contributed by atoms with Gasteiger partial charge in [-0.2, -0.15) is 0 Å². The fraction of sp³-hybridized carbons (Fsp3) is 0.464. The maximum Gasteiger partial charge on any atom is 0.140 e. The first-order valence-electron chi connectivity index (χ1n) is 12.4. The van der Waals surface area contributed by atoms with Gasteiger partial charge in [0.2, 0.25) is 0 Å². The lowest BCUT2D eigenvalue weighted by Gasteiger charge is -2.30. The number of imidazole rings is 1. The summed E-state index contributed by atoms with van der Waals surface area (Å²) in [5.74, 6) is 0.607. The van der Waals surface area contributed by atoms with Crippen LogP contribution in [0.15, 0.2) is 54.7 Å². The van der Waals surface area contributed by atoms with Crippen molar-refractivity contribution in [1.29, 1.82) is 0 Å². The lowest BCUT2D eigenvalue weighted by molar-refractivity contribution is 0.183. The predicted molar refractivity (Wildman–Crippen MR) is 130 cm³/mol. The molecule has 33 heavy (non-hydrogen) atoms. The highest BCUT2D eigenvalue weighted by Gasteiger charge is 2.21. The Morgan fingerprint density at radius 2 is 1.70 bits per heavy atom. The Morgan fingerprint density at radius 1 is 0.970 bits per heavy atom. The molecule has 5 heteroatoms. The van der Waals surface area contributed by atoms with Crippen LogP contribution in [0.3, 0.4) is 0 Å². The van der Waals surface area contributed by atoms with Crippen LogP contribution < -0.4 is 0 Å². The van der Waals surface area contributed by atoms with Crippen molar-refractivity contribution in [2.24, 2.45) is 5.92 Å². The van der Waals surface area contributed by atoms with E-state index in [1.54, 1.807) is 0 Å². The summed E-state index contributed by atoms with van der Waals surface area (Å²) in [6.45, 7) is 5.31. The van der Waals surface area contributed by atoms with Crippen molar-refractivity contribution < 1.29 is 8.78 Å². The molecular weight excluding hydrogens is 416 g/mol. The Balaban J connectivity index is 1.60. The number of halogens is 2. The van der Waals surface area contributed by atoms with Gasteiger partial charge in [-0.25, -0.2) is 13.8 Å². The van der Waals surface area contributed by atoms with E-state index in [0.717, 1.165) is 55.6 Å². The van der Waals surface area contributed by atoms with Crippen molar-refractivity contribution >= 4 is 0 Å². The molecule has 176 valence electrons. The third-order valence-electron chi connectivity index (χ3n) is 6.66.